The van der Waals surface area contributed by atoms with Crippen LogP contribution >= 0.6 is 0 Å². The number of halogens is 3. The summed E-state index contributed by atoms with van der Waals surface area (Å²) < 4.78 is 45.4. The molecule has 2 N–H and O–H groups in total. The number of carbonyl (C=O) groups is 1. The molecule has 0 saturated carbocycles. The second kappa shape index (κ2) is 7.37. The Hall–Kier alpha value is -3.55. The van der Waals surface area contributed by atoms with Crippen LogP contribution in [0.5, 0.6) is 5.75 Å². The molecule has 154 valence electrons. The van der Waals surface area contributed by atoms with E-state index < -0.39 is 23.1 Å². The molecule has 8 heteroatoms. The third kappa shape index (κ3) is 3.80. The zero-order chi connectivity index (χ0) is 21.5. The molecule has 0 aliphatic carbocycles. The van der Waals surface area contributed by atoms with Gasteiger partial charge in [-0.1, -0.05) is 18.2 Å². The molecule has 0 amide bonds. The summed E-state index contributed by atoms with van der Waals surface area (Å²) in [6.07, 6.45) is -3.20. The van der Waals surface area contributed by atoms with Gasteiger partial charge in [-0.05, 0) is 38.1 Å². The first-order valence-corrected chi connectivity index (χ1v) is 9.28. The lowest BCUT2D eigenvalue weighted by Crippen LogP contribution is -2.13. The van der Waals surface area contributed by atoms with E-state index in [1.165, 1.54) is 30.5 Å². The quantitative estimate of drug-likeness (QED) is 0.419. The van der Waals surface area contributed by atoms with Gasteiger partial charge in [-0.3, -0.25) is 4.79 Å². The second-order valence-corrected chi connectivity index (χ2v) is 7.11. The number of imidazole rings is 1. The van der Waals surface area contributed by atoms with Crippen LogP contribution in [0.4, 0.5) is 13.2 Å². The van der Waals surface area contributed by atoms with Gasteiger partial charge in [-0.25, -0.2) is 4.98 Å². The number of nitrogens with one attached hydrogen (secondary N) is 2. The topological polar surface area (TPSA) is 70.8 Å². The Morgan fingerprint density at radius 2 is 1.87 bits per heavy atom. The van der Waals surface area contributed by atoms with Crippen LogP contribution in [0.3, 0.4) is 0 Å². The summed E-state index contributed by atoms with van der Waals surface area (Å²) in [7, 11) is 0. The Balaban J connectivity index is 1.66. The number of aromatic nitrogens is 3. The van der Waals surface area contributed by atoms with E-state index in [1.807, 2.05) is 32.0 Å². The molecule has 0 saturated heterocycles. The fraction of sp³-hybridized carbons (Fsp3) is 0.182. The lowest BCUT2D eigenvalue weighted by atomic mass is 9.99. The van der Waals surface area contributed by atoms with Crippen LogP contribution in [0, 0.1) is 0 Å². The van der Waals surface area contributed by atoms with Crippen LogP contribution in [0.25, 0.3) is 22.6 Å². The Labute approximate surface area is 169 Å². The second-order valence-electron chi connectivity index (χ2n) is 7.11. The molecule has 30 heavy (non-hydrogen) atoms. The molecule has 0 aliphatic rings. The van der Waals surface area contributed by atoms with Gasteiger partial charge in [-0.2, -0.15) is 13.2 Å². The molecular formula is C22H18F3N3O2. The molecule has 5 nitrogen and oxygen atoms in total. The minimum Gasteiger partial charge on any atom is -0.491 e. The molecule has 0 unspecified atom stereocenters. The molecule has 0 aliphatic heterocycles. The van der Waals surface area contributed by atoms with E-state index in [2.05, 4.69) is 15.0 Å². The lowest BCUT2D eigenvalue weighted by molar-refractivity contribution is -0.137. The smallest absolute Gasteiger partial charge is 0.417 e. The third-order valence-corrected chi connectivity index (χ3v) is 4.50. The molecule has 2 aromatic heterocycles. The van der Waals surface area contributed by atoms with Gasteiger partial charge in [0.1, 0.15) is 5.75 Å². The van der Waals surface area contributed by atoms with E-state index in [9.17, 15) is 18.0 Å². The van der Waals surface area contributed by atoms with Crippen LogP contribution in [0.1, 0.15) is 35.3 Å². The van der Waals surface area contributed by atoms with Crippen molar-refractivity contribution in [1.82, 2.24) is 15.0 Å². The lowest BCUT2D eigenvalue weighted by Gasteiger charge is -2.10. The van der Waals surface area contributed by atoms with Crippen molar-refractivity contribution in [2.45, 2.75) is 26.1 Å². The first-order valence-electron chi connectivity index (χ1n) is 9.28. The number of nitrogens with zero attached hydrogens (tertiary/aromatic N) is 1. The number of rotatable bonds is 5. The highest BCUT2D eigenvalue weighted by molar-refractivity contribution is 6.10. The molecule has 0 bridgehead atoms. The van der Waals surface area contributed by atoms with Crippen LogP contribution in [-0.4, -0.2) is 26.8 Å². The normalized spacial score (nSPS) is 11.9. The maximum atomic E-state index is 13.2. The zero-order valence-corrected chi connectivity index (χ0v) is 16.2. The number of hydrogen-bond donors (Lipinski definition) is 2. The van der Waals surface area contributed by atoms with E-state index in [0.717, 1.165) is 11.6 Å². The summed E-state index contributed by atoms with van der Waals surface area (Å²) in [6, 6.07) is 11.7. The first kappa shape index (κ1) is 19.8. The molecule has 0 radical (unpaired) electrons. The molecule has 4 rings (SSSR count). The van der Waals surface area contributed by atoms with Crippen molar-refractivity contribution in [1.29, 1.82) is 0 Å². The van der Waals surface area contributed by atoms with E-state index in [1.54, 1.807) is 0 Å². The van der Waals surface area contributed by atoms with Gasteiger partial charge in [0.2, 0.25) is 0 Å². The Bertz CT molecular complexity index is 1220. The Kier molecular flexibility index (Phi) is 4.85. The van der Waals surface area contributed by atoms with Crippen molar-refractivity contribution in [3.63, 3.8) is 0 Å². The predicted molar refractivity (Wildman–Crippen MR) is 107 cm³/mol. The summed E-state index contributed by atoms with van der Waals surface area (Å²) in [6.45, 7) is 3.86. The standard InChI is InChI=1S/C22H18F3N3O2/c1-12(2)30-14-7-8-17-18(10-14)28-21(27-17)19-9-13(11-26-19)20(29)15-5-3-4-6-16(15)22(23,24)25/h3-12,26H,1-2H3,(H,27,28). The molecule has 2 aromatic carbocycles. The minimum absolute atomic E-state index is 0.0291. The maximum Gasteiger partial charge on any atom is 0.417 e. The maximum absolute atomic E-state index is 13.2. The van der Waals surface area contributed by atoms with E-state index in [4.69, 9.17) is 4.74 Å². The predicted octanol–water partition coefficient (Wildman–Crippen LogP) is 5.60. The van der Waals surface area contributed by atoms with Gasteiger partial charge in [0, 0.05) is 23.4 Å². The average Bonchev–Trinajstić information content (AvgIpc) is 3.33. The molecule has 2 heterocycles. The van der Waals surface area contributed by atoms with Crippen LogP contribution < -0.4 is 4.74 Å². The number of carbonyl (C=O) groups excluding carboxylic acids is 1. The summed E-state index contributed by atoms with van der Waals surface area (Å²) >= 11 is 0. The summed E-state index contributed by atoms with van der Waals surface area (Å²) in [5, 5.41) is 0. The van der Waals surface area contributed by atoms with Gasteiger partial charge in [0.15, 0.2) is 11.6 Å². The summed E-state index contributed by atoms with van der Waals surface area (Å²) in [5.41, 5.74) is 0.699. The highest BCUT2D eigenvalue weighted by Gasteiger charge is 2.35. The monoisotopic (exact) mass is 413 g/mol. The van der Waals surface area contributed by atoms with Crippen molar-refractivity contribution in [2.75, 3.05) is 0 Å². The number of fused-ring (bicyclic) bond motifs is 1. The fourth-order valence-corrected chi connectivity index (χ4v) is 3.21. The van der Waals surface area contributed by atoms with E-state index in [0.29, 0.717) is 22.8 Å². The SMILES string of the molecule is CC(C)Oc1ccc2nc(-c3cc(C(=O)c4ccccc4C(F)(F)F)c[nH]3)[nH]c2c1. The number of H-pyrrole nitrogens is 2. The van der Waals surface area contributed by atoms with Crippen LogP contribution in [0.2, 0.25) is 0 Å². The third-order valence-electron chi connectivity index (χ3n) is 4.50. The van der Waals surface area contributed by atoms with Gasteiger partial charge < -0.3 is 14.7 Å². The highest BCUT2D eigenvalue weighted by atomic mass is 19.4. The van der Waals surface area contributed by atoms with Gasteiger partial charge in [0.25, 0.3) is 0 Å². The number of ketones is 1. The van der Waals surface area contributed by atoms with Gasteiger partial charge in [-0.15, -0.1) is 0 Å². The van der Waals surface area contributed by atoms with Gasteiger partial charge in [0.05, 0.1) is 28.4 Å². The average molecular weight is 413 g/mol. The molecule has 0 fully saturated rings. The van der Waals surface area contributed by atoms with Gasteiger partial charge >= 0.3 is 6.18 Å². The number of benzene rings is 2. The van der Waals surface area contributed by atoms with Crippen molar-refractivity contribution >= 4 is 16.8 Å². The fourth-order valence-electron chi connectivity index (χ4n) is 3.21. The van der Waals surface area contributed by atoms with E-state index >= 15 is 0 Å². The zero-order valence-electron chi connectivity index (χ0n) is 16.2. The van der Waals surface area contributed by atoms with Crippen molar-refractivity contribution in [2.24, 2.45) is 0 Å². The van der Waals surface area contributed by atoms with Crippen molar-refractivity contribution in [3.8, 4) is 17.3 Å². The molecule has 0 atom stereocenters. The van der Waals surface area contributed by atoms with Crippen molar-refractivity contribution < 1.29 is 22.7 Å². The van der Waals surface area contributed by atoms with Crippen molar-refractivity contribution in [3.05, 3.63) is 71.4 Å². The van der Waals surface area contributed by atoms with Crippen LogP contribution in [0.15, 0.2) is 54.7 Å². The molecule has 4 aromatic rings. The number of hydrogen-bond acceptors (Lipinski definition) is 3. The minimum atomic E-state index is -4.61. The Morgan fingerprint density at radius 1 is 1.10 bits per heavy atom. The summed E-state index contributed by atoms with van der Waals surface area (Å²) in [4.78, 5) is 23.2. The number of ether oxygens (including phenoxy) is 1. The number of aromatic amines is 2. The molecule has 0 spiro atoms. The van der Waals surface area contributed by atoms with Crippen LogP contribution in [-0.2, 0) is 6.18 Å². The first-order chi connectivity index (χ1) is 14.2. The largest absolute Gasteiger partial charge is 0.491 e. The number of alkyl halides is 3. The highest BCUT2D eigenvalue weighted by Crippen LogP contribution is 2.33. The summed E-state index contributed by atoms with van der Waals surface area (Å²) in [5.74, 6) is 0.447. The van der Waals surface area contributed by atoms with E-state index in [-0.39, 0.29) is 11.7 Å². The molecular weight excluding hydrogens is 395 g/mol. The Morgan fingerprint density at radius 3 is 2.60 bits per heavy atom.